The Bertz CT molecular complexity index is 927. The molecule has 0 fully saturated rings. The van der Waals surface area contributed by atoms with Crippen LogP contribution in [0.1, 0.15) is 42.7 Å². The van der Waals surface area contributed by atoms with Crippen LogP contribution in [0.25, 0.3) is 0 Å². The molecule has 8 nitrogen and oxygen atoms in total. The second kappa shape index (κ2) is 11.8. The fraction of sp³-hybridized carbons (Fsp3) is 0.417. The second-order valence-electron chi connectivity index (χ2n) is 7.54. The summed E-state index contributed by atoms with van der Waals surface area (Å²) in [5, 5.41) is 2.96. The first kappa shape index (κ1) is 24.8. The van der Waals surface area contributed by atoms with E-state index in [1.54, 1.807) is 25.3 Å². The predicted molar refractivity (Wildman–Crippen MR) is 120 cm³/mol. The highest BCUT2D eigenvalue weighted by molar-refractivity contribution is 5.95. The first-order valence-electron chi connectivity index (χ1n) is 10.3. The van der Waals surface area contributed by atoms with Crippen LogP contribution in [-0.2, 0) is 9.53 Å². The van der Waals surface area contributed by atoms with E-state index in [1.807, 2.05) is 25.1 Å². The zero-order valence-corrected chi connectivity index (χ0v) is 19.4. The summed E-state index contributed by atoms with van der Waals surface area (Å²) in [4.78, 5) is 24.1. The van der Waals surface area contributed by atoms with Gasteiger partial charge >= 0.3 is 5.97 Å². The normalized spacial score (nSPS) is 11.5. The molecule has 0 bridgehead atoms. The van der Waals surface area contributed by atoms with Gasteiger partial charge in [-0.05, 0) is 48.7 Å². The lowest BCUT2D eigenvalue weighted by atomic mass is 10.1. The monoisotopic (exact) mass is 445 g/mol. The Morgan fingerprint density at radius 1 is 0.844 bits per heavy atom. The Hall–Kier alpha value is -3.42. The van der Waals surface area contributed by atoms with Gasteiger partial charge in [0.2, 0.25) is 0 Å². The molecule has 32 heavy (non-hydrogen) atoms. The van der Waals surface area contributed by atoms with E-state index >= 15 is 0 Å². The van der Waals surface area contributed by atoms with Gasteiger partial charge < -0.3 is 29.0 Å². The van der Waals surface area contributed by atoms with Crippen LogP contribution in [0.15, 0.2) is 36.4 Å². The molecule has 0 saturated heterocycles. The minimum Gasteiger partial charge on any atom is -0.493 e. The van der Waals surface area contributed by atoms with Crippen molar-refractivity contribution in [3.05, 3.63) is 47.5 Å². The van der Waals surface area contributed by atoms with E-state index in [0.29, 0.717) is 41.1 Å². The van der Waals surface area contributed by atoms with E-state index in [4.69, 9.17) is 18.9 Å². The van der Waals surface area contributed by atoms with Crippen molar-refractivity contribution >= 4 is 11.9 Å². The molecule has 0 aliphatic heterocycles. The van der Waals surface area contributed by atoms with Crippen molar-refractivity contribution in [1.29, 1.82) is 0 Å². The van der Waals surface area contributed by atoms with Crippen LogP contribution in [0.3, 0.4) is 0 Å². The molecule has 0 aromatic heterocycles. The van der Waals surface area contributed by atoms with Crippen molar-refractivity contribution in [2.75, 3.05) is 34.5 Å². The molecule has 0 spiro atoms. The van der Waals surface area contributed by atoms with E-state index in [-0.39, 0.29) is 18.6 Å². The third-order valence-corrected chi connectivity index (χ3v) is 4.61. The standard InChI is InChI=1S/C24H31NO7/c1-15(2)13-31-19-9-7-17(11-21(19)28-4)16(3)25-24(27)18-8-10-20(22(12-18)29-5)32-14-23(26)30-6/h7-12,15-16H,13-14H2,1-6H3,(H,25,27). The Kier molecular flexibility index (Phi) is 9.19. The molecule has 0 aliphatic carbocycles. The maximum atomic E-state index is 12.8. The van der Waals surface area contributed by atoms with Gasteiger partial charge in [0.05, 0.1) is 34.0 Å². The molecular weight excluding hydrogens is 414 g/mol. The first-order chi connectivity index (χ1) is 15.3. The smallest absolute Gasteiger partial charge is 0.343 e. The summed E-state index contributed by atoms with van der Waals surface area (Å²) < 4.78 is 26.5. The quantitative estimate of drug-likeness (QED) is 0.526. The molecule has 0 aliphatic rings. The van der Waals surface area contributed by atoms with Crippen LogP contribution in [0.4, 0.5) is 0 Å². The van der Waals surface area contributed by atoms with Gasteiger partial charge in [-0.2, -0.15) is 0 Å². The number of carbonyl (C=O) groups is 2. The highest BCUT2D eigenvalue weighted by Gasteiger charge is 2.17. The van der Waals surface area contributed by atoms with Gasteiger partial charge in [0.25, 0.3) is 5.91 Å². The number of rotatable bonds is 11. The van der Waals surface area contributed by atoms with E-state index in [9.17, 15) is 9.59 Å². The zero-order chi connectivity index (χ0) is 23.7. The number of carbonyl (C=O) groups excluding carboxylic acids is 2. The average molecular weight is 446 g/mol. The van der Waals surface area contributed by atoms with Gasteiger partial charge in [-0.1, -0.05) is 19.9 Å². The second-order valence-corrected chi connectivity index (χ2v) is 7.54. The number of methoxy groups -OCH3 is 3. The lowest BCUT2D eigenvalue weighted by Crippen LogP contribution is -2.26. The summed E-state index contributed by atoms with van der Waals surface area (Å²) in [6, 6.07) is 10.0. The fourth-order valence-electron chi connectivity index (χ4n) is 2.82. The number of benzene rings is 2. The molecule has 2 aromatic rings. The Labute approximate surface area is 188 Å². The summed E-state index contributed by atoms with van der Waals surface area (Å²) >= 11 is 0. The molecule has 1 atom stereocenters. The molecule has 1 unspecified atom stereocenters. The molecule has 2 aromatic carbocycles. The lowest BCUT2D eigenvalue weighted by molar-refractivity contribution is -0.142. The van der Waals surface area contributed by atoms with Crippen LogP contribution in [0.5, 0.6) is 23.0 Å². The van der Waals surface area contributed by atoms with Gasteiger partial charge in [-0.3, -0.25) is 4.79 Å². The van der Waals surface area contributed by atoms with Gasteiger partial charge in [0.1, 0.15) is 0 Å². The summed E-state index contributed by atoms with van der Waals surface area (Å²) in [6.07, 6.45) is 0. The van der Waals surface area contributed by atoms with Crippen LogP contribution >= 0.6 is 0 Å². The number of amides is 1. The molecule has 2 rings (SSSR count). The Morgan fingerprint density at radius 2 is 1.47 bits per heavy atom. The summed E-state index contributed by atoms with van der Waals surface area (Å²) in [5.74, 6) is 1.54. The van der Waals surface area contributed by atoms with Crippen molar-refractivity contribution in [3.63, 3.8) is 0 Å². The number of esters is 1. The Balaban J connectivity index is 2.10. The zero-order valence-electron chi connectivity index (χ0n) is 19.4. The maximum absolute atomic E-state index is 12.8. The van der Waals surface area contributed by atoms with Crippen molar-refractivity contribution in [2.24, 2.45) is 5.92 Å². The van der Waals surface area contributed by atoms with Gasteiger partial charge in [-0.15, -0.1) is 0 Å². The van der Waals surface area contributed by atoms with Crippen molar-refractivity contribution in [2.45, 2.75) is 26.8 Å². The summed E-state index contributed by atoms with van der Waals surface area (Å²) in [7, 11) is 4.32. The topological polar surface area (TPSA) is 92.3 Å². The number of nitrogens with one attached hydrogen (secondary N) is 1. The maximum Gasteiger partial charge on any atom is 0.343 e. The van der Waals surface area contributed by atoms with E-state index in [1.165, 1.54) is 14.2 Å². The van der Waals surface area contributed by atoms with Crippen LogP contribution in [-0.4, -0.2) is 46.4 Å². The molecule has 174 valence electrons. The van der Waals surface area contributed by atoms with E-state index in [0.717, 1.165) is 5.56 Å². The fourth-order valence-corrected chi connectivity index (χ4v) is 2.82. The van der Waals surface area contributed by atoms with Crippen LogP contribution in [0.2, 0.25) is 0 Å². The van der Waals surface area contributed by atoms with Crippen molar-refractivity contribution in [1.82, 2.24) is 5.32 Å². The highest BCUT2D eigenvalue weighted by Crippen LogP contribution is 2.31. The molecule has 0 heterocycles. The van der Waals surface area contributed by atoms with Gasteiger partial charge in [0.15, 0.2) is 29.6 Å². The first-order valence-corrected chi connectivity index (χ1v) is 10.3. The predicted octanol–water partition coefficient (Wildman–Crippen LogP) is 3.78. The van der Waals surface area contributed by atoms with Crippen LogP contribution < -0.4 is 24.3 Å². The SMILES string of the molecule is COC(=O)COc1ccc(C(=O)NC(C)c2ccc(OCC(C)C)c(OC)c2)cc1OC. The van der Waals surface area contributed by atoms with E-state index < -0.39 is 5.97 Å². The lowest BCUT2D eigenvalue weighted by Gasteiger charge is -2.18. The number of hydrogen-bond donors (Lipinski definition) is 1. The highest BCUT2D eigenvalue weighted by atomic mass is 16.6. The van der Waals surface area contributed by atoms with Gasteiger partial charge in [0, 0.05) is 5.56 Å². The molecule has 0 saturated carbocycles. The summed E-state index contributed by atoms with van der Waals surface area (Å²) in [6.45, 7) is 6.36. The van der Waals surface area contributed by atoms with E-state index in [2.05, 4.69) is 23.9 Å². The largest absolute Gasteiger partial charge is 0.493 e. The molecular formula is C24H31NO7. The molecule has 8 heteroatoms. The average Bonchev–Trinajstić information content (AvgIpc) is 2.80. The van der Waals surface area contributed by atoms with Gasteiger partial charge in [-0.25, -0.2) is 4.79 Å². The molecule has 1 amide bonds. The number of ether oxygens (including phenoxy) is 5. The third kappa shape index (κ3) is 6.80. The minimum atomic E-state index is -0.515. The summed E-state index contributed by atoms with van der Waals surface area (Å²) in [5.41, 5.74) is 1.26. The third-order valence-electron chi connectivity index (χ3n) is 4.61. The molecule has 0 radical (unpaired) electrons. The van der Waals surface area contributed by atoms with Crippen molar-refractivity contribution < 1.29 is 33.3 Å². The minimum absolute atomic E-state index is 0.256. The number of hydrogen-bond acceptors (Lipinski definition) is 7. The Morgan fingerprint density at radius 3 is 2.09 bits per heavy atom. The van der Waals surface area contributed by atoms with Crippen LogP contribution in [0, 0.1) is 5.92 Å². The van der Waals surface area contributed by atoms with Crippen molar-refractivity contribution in [3.8, 4) is 23.0 Å². The molecule has 1 N–H and O–H groups in total.